The molecule has 2 saturated heterocycles. The minimum atomic E-state index is 0.717. The minimum absolute atomic E-state index is 0.717. The molecule has 2 heterocycles. The highest BCUT2D eigenvalue weighted by Crippen LogP contribution is 2.40. The number of methoxy groups -OCH3 is 1. The van der Waals surface area contributed by atoms with Crippen LogP contribution in [-0.4, -0.2) is 38.4 Å². The Balaban J connectivity index is 1.79. The van der Waals surface area contributed by atoms with E-state index in [1.54, 1.807) is 7.11 Å². The smallest absolute Gasteiger partial charge is 0.0503 e. The molecule has 0 aromatic heterocycles. The van der Waals surface area contributed by atoms with Crippen molar-refractivity contribution in [3.63, 3.8) is 0 Å². The Kier molecular flexibility index (Phi) is 4.81. The van der Waals surface area contributed by atoms with Crippen LogP contribution < -0.4 is 10.2 Å². The van der Waals surface area contributed by atoms with Gasteiger partial charge in [0.05, 0.1) is 6.61 Å². The molecule has 0 radical (unpaired) electrons. The van der Waals surface area contributed by atoms with Crippen LogP contribution in [-0.2, 0) is 11.2 Å². The first kappa shape index (κ1) is 14.9. The van der Waals surface area contributed by atoms with Crippen molar-refractivity contribution in [2.75, 3.05) is 25.2 Å². The number of piperidine rings is 1. The maximum atomic E-state index is 5.28. The number of ether oxygens (including phenoxy) is 1. The average Bonchev–Trinajstić information content (AvgIpc) is 2.76. The van der Waals surface area contributed by atoms with Gasteiger partial charge >= 0.3 is 0 Å². The average molecular weight is 288 g/mol. The van der Waals surface area contributed by atoms with E-state index in [0.29, 0.717) is 0 Å². The van der Waals surface area contributed by atoms with Gasteiger partial charge in [-0.05, 0) is 50.3 Å². The fourth-order valence-corrected chi connectivity index (χ4v) is 4.21. The zero-order valence-corrected chi connectivity index (χ0v) is 13.3. The van der Waals surface area contributed by atoms with E-state index in [1.807, 2.05) is 0 Å². The summed E-state index contributed by atoms with van der Waals surface area (Å²) in [6, 6.07) is 11.1. The molecule has 0 saturated carbocycles. The molecule has 1 N–H and O–H groups in total. The van der Waals surface area contributed by atoms with Gasteiger partial charge in [-0.1, -0.05) is 25.1 Å². The number of para-hydroxylation sites is 1. The normalized spacial score (nSPS) is 28.1. The van der Waals surface area contributed by atoms with Gasteiger partial charge in [-0.15, -0.1) is 0 Å². The number of hydrogen-bond acceptors (Lipinski definition) is 3. The number of fused-ring (bicyclic) bond motifs is 2. The second kappa shape index (κ2) is 6.80. The third-order valence-corrected chi connectivity index (χ3v) is 5.07. The van der Waals surface area contributed by atoms with Crippen LogP contribution in [0.5, 0.6) is 0 Å². The lowest BCUT2D eigenvalue weighted by atomic mass is 9.95. The quantitative estimate of drug-likeness (QED) is 0.871. The summed E-state index contributed by atoms with van der Waals surface area (Å²) in [5.41, 5.74) is 2.90. The molecule has 1 aromatic carbocycles. The van der Waals surface area contributed by atoms with Crippen LogP contribution in [0.4, 0.5) is 5.69 Å². The largest absolute Gasteiger partial charge is 0.384 e. The van der Waals surface area contributed by atoms with Gasteiger partial charge in [-0.3, -0.25) is 0 Å². The first-order valence-corrected chi connectivity index (χ1v) is 8.42. The molecule has 21 heavy (non-hydrogen) atoms. The molecule has 2 bridgehead atoms. The lowest BCUT2D eigenvalue weighted by Gasteiger charge is -2.41. The van der Waals surface area contributed by atoms with Crippen LogP contribution >= 0.6 is 0 Å². The third kappa shape index (κ3) is 3.09. The van der Waals surface area contributed by atoms with Gasteiger partial charge in [-0.25, -0.2) is 0 Å². The van der Waals surface area contributed by atoms with Crippen molar-refractivity contribution in [2.24, 2.45) is 0 Å². The fraction of sp³-hybridized carbons (Fsp3) is 0.667. The monoisotopic (exact) mass is 288 g/mol. The predicted octanol–water partition coefficient (Wildman–Crippen LogP) is 2.98. The van der Waals surface area contributed by atoms with Gasteiger partial charge < -0.3 is 15.0 Å². The van der Waals surface area contributed by atoms with Crippen molar-refractivity contribution in [1.29, 1.82) is 0 Å². The van der Waals surface area contributed by atoms with E-state index >= 15 is 0 Å². The standard InChI is InChI=1S/C18H28N2O/c1-3-19-15-12-16-8-9-17(13-15)20(16)18-7-5-4-6-14(18)10-11-21-2/h4-7,15-17,19H,3,8-13H2,1-2H3. The molecule has 0 spiro atoms. The highest BCUT2D eigenvalue weighted by Gasteiger charge is 2.40. The summed E-state index contributed by atoms with van der Waals surface area (Å²) in [5.74, 6) is 0. The van der Waals surface area contributed by atoms with Crippen LogP contribution in [0.15, 0.2) is 24.3 Å². The lowest BCUT2D eigenvalue weighted by molar-refractivity contribution is 0.202. The molecule has 116 valence electrons. The molecule has 2 fully saturated rings. The first-order valence-electron chi connectivity index (χ1n) is 8.42. The van der Waals surface area contributed by atoms with Crippen molar-refractivity contribution in [1.82, 2.24) is 5.32 Å². The van der Waals surface area contributed by atoms with Crippen LogP contribution in [0.3, 0.4) is 0 Å². The SMILES string of the molecule is CCNC1CC2CCC(C1)N2c1ccccc1CCOC. The summed E-state index contributed by atoms with van der Waals surface area (Å²) in [5, 5.41) is 3.66. The Bertz CT molecular complexity index is 448. The maximum absolute atomic E-state index is 5.28. The molecule has 0 aliphatic carbocycles. The molecule has 0 amide bonds. The summed E-state index contributed by atoms with van der Waals surface area (Å²) >= 11 is 0. The van der Waals surface area contributed by atoms with Gasteiger partial charge in [0.25, 0.3) is 0 Å². The zero-order valence-electron chi connectivity index (χ0n) is 13.3. The molecule has 1 aromatic rings. The van der Waals surface area contributed by atoms with E-state index in [-0.39, 0.29) is 0 Å². The van der Waals surface area contributed by atoms with E-state index in [0.717, 1.165) is 37.7 Å². The highest BCUT2D eigenvalue weighted by atomic mass is 16.5. The number of anilines is 1. The Morgan fingerprint density at radius 3 is 2.57 bits per heavy atom. The van der Waals surface area contributed by atoms with E-state index in [1.165, 1.54) is 36.9 Å². The van der Waals surface area contributed by atoms with Crippen molar-refractivity contribution in [3.8, 4) is 0 Å². The molecule has 2 unspecified atom stereocenters. The van der Waals surface area contributed by atoms with Crippen molar-refractivity contribution in [2.45, 2.75) is 57.2 Å². The van der Waals surface area contributed by atoms with E-state index in [2.05, 4.69) is 41.4 Å². The molecule has 2 atom stereocenters. The molecule has 2 aliphatic rings. The van der Waals surface area contributed by atoms with E-state index < -0.39 is 0 Å². The van der Waals surface area contributed by atoms with Crippen molar-refractivity contribution < 1.29 is 4.74 Å². The topological polar surface area (TPSA) is 24.5 Å². The second-order valence-electron chi connectivity index (χ2n) is 6.39. The zero-order chi connectivity index (χ0) is 14.7. The van der Waals surface area contributed by atoms with Crippen molar-refractivity contribution in [3.05, 3.63) is 29.8 Å². The van der Waals surface area contributed by atoms with E-state index in [9.17, 15) is 0 Å². The van der Waals surface area contributed by atoms with Gasteiger partial charge in [0, 0.05) is 30.9 Å². The number of nitrogens with one attached hydrogen (secondary N) is 1. The minimum Gasteiger partial charge on any atom is -0.384 e. The number of hydrogen-bond donors (Lipinski definition) is 1. The summed E-state index contributed by atoms with van der Waals surface area (Å²) in [6.45, 7) is 4.11. The summed E-state index contributed by atoms with van der Waals surface area (Å²) in [4.78, 5) is 2.72. The Morgan fingerprint density at radius 2 is 1.90 bits per heavy atom. The van der Waals surface area contributed by atoms with Crippen LogP contribution in [0.1, 0.15) is 38.2 Å². The predicted molar refractivity (Wildman–Crippen MR) is 88.0 cm³/mol. The maximum Gasteiger partial charge on any atom is 0.0503 e. The van der Waals surface area contributed by atoms with Gasteiger partial charge in [0.1, 0.15) is 0 Å². The number of rotatable bonds is 6. The van der Waals surface area contributed by atoms with Crippen molar-refractivity contribution >= 4 is 5.69 Å². The molecule has 3 heteroatoms. The van der Waals surface area contributed by atoms with Gasteiger partial charge in [-0.2, -0.15) is 0 Å². The Hall–Kier alpha value is -1.06. The van der Waals surface area contributed by atoms with E-state index in [4.69, 9.17) is 4.74 Å². The third-order valence-electron chi connectivity index (χ3n) is 5.07. The summed E-state index contributed by atoms with van der Waals surface area (Å²) in [6.07, 6.45) is 6.31. The lowest BCUT2D eigenvalue weighted by Crippen LogP contribution is -2.49. The Morgan fingerprint density at radius 1 is 1.19 bits per heavy atom. The Labute approximate surface area is 128 Å². The summed E-state index contributed by atoms with van der Waals surface area (Å²) in [7, 11) is 1.79. The van der Waals surface area contributed by atoms with Gasteiger partial charge in [0.15, 0.2) is 0 Å². The van der Waals surface area contributed by atoms with Crippen LogP contribution in [0, 0.1) is 0 Å². The van der Waals surface area contributed by atoms with Crippen LogP contribution in [0.25, 0.3) is 0 Å². The van der Waals surface area contributed by atoms with Gasteiger partial charge in [0.2, 0.25) is 0 Å². The van der Waals surface area contributed by atoms with Crippen LogP contribution in [0.2, 0.25) is 0 Å². The summed E-state index contributed by atoms with van der Waals surface area (Å²) < 4.78 is 5.28. The highest BCUT2D eigenvalue weighted by molar-refractivity contribution is 5.57. The first-order chi connectivity index (χ1) is 10.3. The molecular formula is C18H28N2O. The molecule has 2 aliphatic heterocycles. The fourth-order valence-electron chi connectivity index (χ4n) is 4.21. The number of nitrogens with zero attached hydrogens (tertiary/aromatic N) is 1. The molecular weight excluding hydrogens is 260 g/mol. The molecule has 3 rings (SSSR count). The number of benzene rings is 1. The molecule has 3 nitrogen and oxygen atoms in total. The second-order valence-corrected chi connectivity index (χ2v) is 6.39.